The van der Waals surface area contributed by atoms with Crippen molar-refractivity contribution in [3.8, 4) is 11.4 Å². The lowest BCUT2D eigenvalue weighted by atomic mass is 9.85. The first-order valence-corrected chi connectivity index (χ1v) is 12.1. The number of alkyl halides is 4. The number of halogens is 4. The van der Waals surface area contributed by atoms with Crippen LogP contribution in [0.2, 0.25) is 0 Å². The Labute approximate surface area is 206 Å². The van der Waals surface area contributed by atoms with E-state index in [4.69, 9.17) is 0 Å². The van der Waals surface area contributed by atoms with E-state index in [-0.39, 0.29) is 18.8 Å². The number of likely N-dealkylation sites (tertiary alicyclic amines) is 1. The molecule has 1 saturated heterocycles. The third kappa shape index (κ3) is 5.36. The Morgan fingerprint density at radius 2 is 1.97 bits per heavy atom. The van der Waals surface area contributed by atoms with E-state index in [0.29, 0.717) is 24.4 Å². The minimum absolute atomic E-state index is 0.253. The van der Waals surface area contributed by atoms with Crippen molar-refractivity contribution < 1.29 is 17.6 Å². The number of nitrogens with zero attached hydrogens (tertiary/aromatic N) is 5. The van der Waals surface area contributed by atoms with Crippen LogP contribution >= 0.6 is 0 Å². The molecule has 11 heteroatoms. The van der Waals surface area contributed by atoms with E-state index in [9.17, 15) is 17.6 Å². The van der Waals surface area contributed by atoms with Gasteiger partial charge in [-0.25, -0.2) is 4.98 Å². The van der Waals surface area contributed by atoms with Crippen molar-refractivity contribution in [2.24, 2.45) is 0 Å². The fourth-order valence-corrected chi connectivity index (χ4v) is 5.20. The van der Waals surface area contributed by atoms with Gasteiger partial charge in [0.25, 0.3) is 0 Å². The molecule has 2 atom stereocenters. The predicted octanol–water partition coefficient (Wildman–Crippen LogP) is 4.22. The Kier molecular flexibility index (Phi) is 6.94. The molecule has 5 rings (SSSR count). The van der Waals surface area contributed by atoms with Gasteiger partial charge in [0.1, 0.15) is 6.33 Å². The number of fused-ring (bicyclic) bond motifs is 1. The summed E-state index contributed by atoms with van der Waals surface area (Å²) in [5.74, 6) is 0.549. The van der Waals surface area contributed by atoms with E-state index in [1.165, 1.54) is 11.2 Å². The second kappa shape index (κ2) is 10.1. The maximum atomic E-state index is 13.6. The molecular weight excluding hydrogens is 474 g/mol. The maximum Gasteiger partial charge on any atom is 0.401 e. The SMILES string of the molecule is C[C@@H]1Cc2cc(-c3nc[nH]n3)ccc2[C@@H](c2ccc(NC3CN(CCCF)C3)cn2)N1CC(F)(F)F. The molecule has 36 heavy (non-hydrogen) atoms. The van der Waals surface area contributed by atoms with Crippen molar-refractivity contribution in [3.05, 3.63) is 59.7 Å². The molecule has 0 aliphatic carbocycles. The number of hydrogen-bond acceptors (Lipinski definition) is 6. The van der Waals surface area contributed by atoms with E-state index in [0.717, 1.165) is 42.0 Å². The van der Waals surface area contributed by atoms with Gasteiger partial charge in [0, 0.05) is 31.2 Å². The van der Waals surface area contributed by atoms with Crippen LogP contribution < -0.4 is 5.32 Å². The average molecular weight is 504 g/mol. The summed E-state index contributed by atoms with van der Waals surface area (Å²) in [7, 11) is 0. The standard InChI is InChI=1S/C25H29F4N7/c1-16-9-18-10-17(24-31-15-32-34-24)3-5-21(18)23(36(16)14-25(27,28)29)22-6-4-19(11-30-22)33-20-12-35(13-20)8-2-7-26/h3-6,10-11,15-16,20,23,33H,2,7-9,12-14H2,1H3,(H,31,32,34)/t16-,23+/m1/s1. The van der Waals surface area contributed by atoms with Gasteiger partial charge in [-0.3, -0.25) is 24.3 Å². The molecule has 2 aromatic heterocycles. The minimum Gasteiger partial charge on any atom is -0.378 e. The minimum atomic E-state index is -4.33. The highest BCUT2D eigenvalue weighted by molar-refractivity contribution is 5.58. The molecule has 192 valence electrons. The average Bonchev–Trinajstić information content (AvgIpc) is 3.35. The number of nitrogens with one attached hydrogen (secondary N) is 2. The Hall–Kier alpha value is -3.05. The summed E-state index contributed by atoms with van der Waals surface area (Å²) >= 11 is 0. The summed E-state index contributed by atoms with van der Waals surface area (Å²) in [5.41, 5.74) is 3.99. The molecular formula is C25H29F4N7. The van der Waals surface area contributed by atoms with Gasteiger partial charge >= 0.3 is 6.18 Å². The van der Waals surface area contributed by atoms with E-state index < -0.39 is 18.8 Å². The second-order valence-electron chi connectivity index (χ2n) is 9.59. The summed E-state index contributed by atoms with van der Waals surface area (Å²) in [6.07, 6.45) is -0.121. The van der Waals surface area contributed by atoms with Gasteiger partial charge in [-0.05, 0) is 49.1 Å². The van der Waals surface area contributed by atoms with E-state index in [1.807, 2.05) is 31.2 Å². The van der Waals surface area contributed by atoms with Crippen LogP contribution in [0, 0.1) is 0 Å². The third-order valence-corrected chi connectivity index (χ3v) is 6.89. The number of pyridine rings is 1. The number of hydrogen-bond donors (Lipinski definition) is 2. The van der Waals surface area contributed by atoms with Gasteiger partial charge in [0.05, 0.1) is 42.9 Å². The zero-order valence-electron chi connectivity index (χ0n) is 20.0. The van der Waals surface area contributed by atoms with Gasteiger partial charge in [0.15, 0.2) is 5.82 Å². The first kappa shape index (κ1) is 24.6. The zero-order valence-corrected chi connectivity index (χ0v) is 20.0. The molecule has 3 aromatic rings. The van der Waals surface area contributed by atoms with Crippen LogP contribution in [0.15, 0.2) is 42.9 Å². The van der Waals surface area contributed by atoms with Gasteiger partial charge in [0.2, 0.25) is 0 Å². The van der Waals surface area contributed by atoms with Crippen LogP contribution in [-0.4, -0.2) is 81.1 Å². The van der Waals surface area contributed by atoms with Gasteiger partial charge in [-0.15, -0.1) is 0 Å². The summed E-state index contributed by atoms with van der Waals surface area (Å²) in [4.78, 5) is 12.5. The fourth-order valence-electron chi connectivity index (χ4n) is 5.20. The molecule has 0 amide bonds. The van der Waals surface area contributed by atoms with Crippen LogP contribution in [0.1, 0.15) is 36.2 Å². The maximum absolute atomic E-state index is 13.6. The Balaban J connectivity index is 1.39. The number of anilines is 1. The molecule has 0 saturated carbocycles. The molecule has 0 radical (unpaired) electrons. The number of aromatic amines is 1. The summed E-state index contributed by atoms with van der Waals surface area (Å²) < 4.78 is 53.1. The molecule has 4 heterocycles. The molecule has 2 aliphatic rings. The first-order chi connectivity index (χ1) is 17.3. The quantitative estimate of drug-likeness (QED) is 0.449. The Morgan fingerprint density at radius 1 is 1.14 bits per heavy atom. The van der Waals surface area contributed by atoms with Crippen molar-refractivity contribution in [3.63, 3.8) is 0 Å². The van der Waals surface area contributed by atoms with Gasteiger partial charge in [-0.1, -0.05) is 12.1 Å². The van der Waals surface area contributed by atoms with Crippen LogP contribution in [0.5, 0.6) is 0 Å². The van der Waals surface area contributed by atoms with Crippen molar-refractivity contribution in [2.45, 2.75) is 44.1 Å². The molecule has 2 aliphatic heterocycles. The van der Waals surface area contributed by atoms with E-state index in [1.54, 1.807) is 12.3 Å². The van der Waals surface area contributed by atoms with Crippen molar-refractivity contribution in [2.75, 3.05) is 38.2 Å². The van der Waals surface area contributed by atoms with Gasteiger partial charge < -0.3 is 5.32 Å². The number of H-pyrrole nitrogens is 1. The van der Waals surface area contributed by atoms with Crippen molar-refractivity contribution in [1.82, 2.24) is 30.0 Å². The first-order valence-electron chi connectivity index (χ1n) is 12.1. The van der Waals surface area contributed by atoms with Gasteiger partial charge in [-0.2, -0.15) is 18.3 Å². The molecule has 0 bridgehead atoms. The molecule has 0 unspecified atom stereocenters. The molecule has 1 fully saturated rings. The van der Waals surface area contributed by atoms with Crippen LogP contribution in [-0.2, 0) is 6.42 Å². The fraction of sp³-hybridized carbons (Fsp3) is 0.480. The molecule has 2 N–H and O–H groups in total. The van der Waals surface area contributed by atoms with Crippen LogP contribution in [0.4, 0.5) is 23.2 Å². The topological polar surface area (TPSA) is 73.0 Å². The number of benzene rings is 1. The normalized spacial score (nSPS) is 21.2. The highest BCUT2D eigenvalue weighted by Gasteiger charge is 2.41. The monoisotopic (exact) mass is 503 g/mol. The summed E-state index contributed by atoms with van der Waals surface area (Å²) in [6.45, 7) is 2.92. The third-order valence-electron chi connectivity index (χ3n) is 6.89. The van der Waals surface area contributed by atoms with Crippen molar-refractivity contribution >= 4 is 5.69 Å². The van der Waals surface area contributed by atoms with Crippen LogP contribution in [0.25, 0.3) is 11.4 Å². The predicted molar refractivity (Wildman–Crippen MR) is 128 cm³/mol. The lowest BCUT2D eigenvalue weighted by Crippen LogP contribution is -2.54. The second-order valence-corrected chi connectivity index (χ2v) is 9.59. The van der Waals surface area contributed by atoms with Crippen LogP contribution in [0.3, 0.4) is 0 Å². The largest absolute Gasteiger partial charge is 0.401 e. The van der Waals surface area contributed by atoms with E-state index in [2.05, 4.69) is 30.4 Å². The Morgan fingerprint density at radius 3 is 2.64 bits per heavy atom. The highest BCUT2D eigenvalue weighted by Crippen LogP contribution is 2.40. The molecule has 0 spiro atoms. The lowest BCUT2D eigenvalue weighted by Gasteiger charge is -2.42. The summed E-state index contributed by atoms with van der Waals surface area (Å²) in [6, 6.07) is 8.65. The summed E-state index contributed by atoms with van der Waals surface area (Å²) in [5, 5.41) is 10.2. The molecule has 7 nitrogen and oxygen atoms in total. The highest BCUT2D eigenvalue weighted by atomic mass is 19.4. The number of aromatic nitrogens is 4. The number of rotatable bonds is 8. The Bertz CT molecular complexity index is 1140. The van der Waals surface area contributed by atoms with E-state index >= 15 is 0 Å². The lowest BCUT2D eigenvalue weighted by molar-refractivity contribution is -0.155. The smallest absolute Gasteiger partial charge is 0.378 e. The van der Waals surface area contributed by atoms with Crippen molar-refractivity contribution in [1.29, 1.82) is 0 Å². The zero-order chi connectivity index (χ0) is 25.3. The molecule has 1 aromatic carbocycles.